The number of ether oxygens (including phenoxy) is 1. The standard InChI is InChI=1S/C34H48N4O2/c1-35(24-28-14-16-30(17-15-28)36-20-22-40-23-21-36)33(39)13-5-12-32-31-11-7-19-37-18-6-10-29(34(31)37)26-38(32)25-27-8-3-2-4-9-27/h2-4,8-9,14-17,29,31-32,34H,5-7,10-13,18-26H2,1H3/t29-,31+,32+,34-/m0/s1. The van der Waals surface area contributed by atoms with Gasteiger partial charge < -0.3 is 14.5 Å². The summed E-state index contributed by atoms with van der Waals surface area (Å²) in [4.78, 5) is 23.1. The fourth-order valence-electron chi connectivity index (χ4n) is 8.13. The van der Waals surface area contributed by atoms with Crippen LogP contribution >= 0.6 is 0 Å². The van der Waals surface area contributed by atoms with Crippen LogP contribution < -0.4 is 4.90 Å². The number of rotatable bonds is 9. The molecular formula is C34H48N4O2. The van der Waals surface area contributed by atoms with Crippen LogP contribution in [0, 0.1) is 11.8 Å². The van der Waals surface area contributed by atoms with Gasteiger partial charge in [0, 0.05) is 64.0 Å². The predicted octanol–water partition coefficient (Wildman–Crippen LogP) is 5.03. The molecule has 0 spiro atoms. The molecule has 0 bridgehead atoms. The summed E-state index contributed by atoms with van der Waals surface area (Å²) in [6, 6.07) is 21.1. The third-order valence-corrected chi connectivity index (χ3v) is 10.1. The fraction of sp³-hybridized carbons (Fsp3) is 0.618. The number of likely N-dealkylation sites (tertiary alicyclic amines) is 1. The highest BCUT2D eigenvalue weighted by atomic mass is 16.5. The summed E-state index contributed by atoms with van der Waals surface area (Å²) in [6.07, 6.45) is 8.16. The lowest BCUT2D eigenvalue weighted by Crippen LogP contribution is -2.64. The first kappa shape index (κ1) is 27.7. The van der Waals surface area contributed by atoms with Crippen LogP contribution in [0.3, 0.4) is 0 Å². The smallest absolute Gasteiger partial charge is 0.222 e. The first-order chi connectivity index (χ1) is 19.7. The summed E-state index contributed by atoms with van der Waals surface area (Å²) in [5, 5.41) is 0. The van der Waals surface area contributed by atoms with Gasteiger partial charge in [-0.25, -0.2) is 0 Å². The third-order valence-electron chi connectivity index (χ3n) is 10.1. The van der Waals surface area contributed by atoms with E-state index in [1.54, 1.807) is 0 Å². The summed E-state index contributed by atoms with van der Waals surface area (Å²) in [7, 11) is 1.96. The molecule has 40 heavy (non-hydrogen) atoms. The molecule has 4 aliphatic rings. The van der Waals surface area contributed by atoms with Crippen molar-refractivity contribution in [3.05, 3.63) is 65.7 Å². The van der Waals surface area contributed by atoms with Crippen molar-refractivity contribution in [1.82, 2.24) is 14.7 Å². The summed E-state index contributed by atoms with van der Waals surface area (Å²) in [5.74, 6) is 1.82. The molecule has 0 unspecified atom stereocenters. The molecule has 4 saturated heterocycles. The van der Waals surface area contributed by atoms with Crippen molar-refractivity contribution in [2.45, 2.75) is 70.1 Å². The Morgan fingerprint density at radius 3 is 2.45 bits per heavy atom. The van der Waals surface area contributed by atoms with Gasteiger partial charge in [0.15, 0.2) is 0 Å². The minimum atomic E-state index is 0.267. The van der Waals surface area contributed by atoms with Crippen LogP contribution in [-0.4, -0.2) is 85.7 Å². The Hall–Kier alpha value is -2.41. The van der Waals surface area contributed by atoms with Crippen molar-refractivity contribution in [2.75, 3.05) is 57.9 Å². The van der Waals surface area contributed by atoms with E-state index >= 15 is 0 Å². The van der Waals surface area contributed by atoms with Gasteiger partial charge in [0.1, 0.15) is 0 Å². The predicted molar refractivity (Wildman–Crippen MR) is 161 cm³/mol. The van der Waals surface area contributed by atoms with Crippen molar-refractivity contribution in [2.24, 2.45) is 11.8 Å². The molecule has 0 aliphatic carbocycles. The highest BCUT2D eigenvalue weighted by molar-refractivity contribution is 5.75. The molecule has 2 aromatic rings. The largest absolute Gasteiger partial charge is 0.378 e. The van der Waals surface area contributed by atoms with Crippen molar-refractivity contribution in [3.8, 4) is 0 Å². The monoisotopic (exact) mass is 544 g/mol. The molecule has 6 rings (SSSR count). The topological polar surface area (TPSA) is 39.3 Å². The zero-order valence-electron chi connectivity index (χ0n) is 24.4. The van der Waals surface area contributed by atoms with E-state index in [0.29, 0.717) is 19.0 Å². The van der Waals surface area contributed by atoms with Crippen molar-refractivity contribution < 1.29 is 9.53 Å². The van der Waals surface area contributed by atoms with Crippen molar-refractivity contribution in [1.29, 1.82) is 0 Å². The van der Waals surface area contributed by atoms with E-state index in [4.69, 9.17) is 4.74 Å². The van der Waals surface area contributed by atoms with Gasteiger partial charge in [-0.2, -0.15) is 0 Å². The number of carbonyl (C=O) groups excluding carboxylic acids is 1. The van der Waals surface area contributed by atoms with Gasteiger partial charge in [-0.15, -0.1) is 0 Å². The van der Waals surface area contributed by atoms with E-state index in [9.17, 15) is 4.79 Å². The molecule has 2 aromatic carbocycles. The minimum absolute atomic E-state index is 0.267. The molecule has 4 aliphatic heterocycles. The number of nitrogens with zero attached hydrogens (tertiary/aromatic N) is 4. The Kier molecular flexibility index (Phi) is 9.05. The maximum absolute atomic E-state index is 13.2. The molecule has 1 amide bonds. The number of hydrogen-bond donors (Lipinski definition) is 0. The number of anilines is 1. The highest BCUT2D eigenvalue weighted by Gasteiger charge is 2.48. The SMILES string of the molecule is CN(Cc1ccc(N2CCOCC2)cc1)C(=O)CCC[C@@H]1[C@H]2CCCN3CCC[C@@H](CN1Cc1ccccc1)[C@@H]23. The van der Waals surface area contributed by atoms with Crippen LogP contribution in [0.15, 0.2) is 54.6 Å². The van der Waals surface area contributed by atoms with E-state index in [0.717, 1.165) is 63.6 Å². The summed E-state index contributed by atoms with van der Waals surface area (Å²) >= 11 is 0. The average molecular weight is 545 g/mol. The third kappa shape index (κ3) is 6.40. The van der Waals surface area contributed by atoms with Crippen LogP contribution in [-0.2, 0) is 22.6 Å². The maximum Gasteiger partial charge on any atom is 0.222 e. The van der Waals surface area contributed by atoms with Gasteiger partial charge in [-0.3, -0.25) is 14.6 Å². The Balaban J connectivity index is 1.05. The first-order valence-corrected chi connectivity index (χ1v) is 15.8. The second-order valence-corrected chi connectivity index (χ2v) is 12.6. The molecule has 216 valence electrons. The lowest BCUT2D eigenvalue weighted by atomic mass is 9.69. The van der Waals surface area contributed by atoms with Gasteiger partial charge in [0.2, 0.25) is 5.91 Å². The van der Waals surface area contributed by atoms with Crippen LogP contribution in [0.2, 0.25) is 0 Å². The number of benzene rings is 2. The van der Waals surface area contributed by atoms with E-state index in [-0.39, 0.29) is 5.91 Å². The van der Waals surface area contributed by atoms with Crippen LogP contribution in [0.1, 0.15) is 56.1 Å². The van der Waals surface area contributed by atoms with Gasteiger partial charge in [-0.05, 0) is 86.7 Å². The molecule has 4 heterocycles. The highest BCUT2D eigenvalue weighted by Crippen LogP contribution is 2.43. The zero-order chi connectivity index (χ0) is 27.3. The number of piperidine rings is 3. The number of hydrogen-bond acceptors (Lipinski definition) is 5. The summed E-state index contributed by atoms with van der Waals surface area (Å²) < 4.78 is 5.48. The van der Waals surface area contributed by atoms with Crippen molar-refractivity contribution >= 4 is 11.6 Å². The molecule has 6 heteroatoms. The molecule has 0 saturated carbocycles. The molecular weight excluding hydrogens is 496 g/mol. The van der Waals surface area contributed by atoms with Crippen LogP contribution in [0.25, 0.3) is 0 Å². The van der Waals surface area contributed by atoms with Gasteiger partial charge in [0.25, 0.3) is 0 Å². The van der Waals surface area contributed by atoms with E-state index in [1.807, 2.05) is 11.9 Å². The van der Waals surface area contributed by atoms with Gasteiger partial charge >= 0.3 is 0 Å². The van der Waals surface area contributed by atoms with E-state index in [2.05, 4.69) is 69.3 Å². The lowest BCUT2D eigenvalue weighted by molar-refractivity contribution is -0.130. The first-order valence-electron chi connectivity index (χ1n) is 15.8. The summed E-state index contributed by atoms with van der Waals surface area (Å²) in [5.41, 5.74) is 3.86. The average Bonchev–Trinajstić information content (AvgIpc) is 3.00. The Morgan fingerprint density at radius 2 is 1.68 bits per heavy atom. The van der Waals surface area contributed by atoms with Gasteiger partial charge in [0.05, 0.1) is 13.2 Å². The summed E-state index contributed by atoms with van der Waals surface area (Å²) in [6.45, 7) is 9.00. The molecule has 0 aromatic heterocycles. The molecule has 6 nitrogen and oxygen atoms in total. The van der Waals surface area contributed by atoms with Crippen LogP contribution in [0.4, 0.5) is 5.69 Å². The Morgan fingerprint density at radius 1 is 0.925 bits per heavy atom. The second-order valence-electron chi connectivity index (χ2n) is 12.6. The quantitative estimate of drug-likeness (QED) is 0.443. The van der Waals surface area contributed by atoms with E-state index < -0.39 is 0 Å². The Labute approximate surface area is 241 Å². The minimum Gasteiger partial charge on any atom is -0.378 e. The van der Waals surface area contributed by atoms with Crippen LogP contribution in [0.5, 0.6) is 0 Å². The second kappa shape index (κ2) is 13.1. The Bertz CT molecular complexity index is 1080. The fourth-order valence-corrected chi connectivity index (χ4v) is 8.13. The number of carbonyl (C=O) groups is 1. The number of amides is 1. The normalized spacial score (nSPS) is 27.3. The molecule has 0 radical (unpaired) electrons. The van der Waals surface area contributed by atoms with Gasteiger partial charge in [-0.1, -0.05) is 42.5 Å². The van der Waals surface area contributed by atoms with E-state index in [1.165, 1.54) is 62.1 Å². The maximum atomic E-state index is 13.2. The van der Waals surface area contributed by atoms with Crippen molar-refractivity contribution in [3.63, 3.8) is 0 Å². The molecule has 0 N–H and O–H groups in total. The number of morpholine rings is 1. The lowest BCUT2D eigenvalue weighted by Gasteiger charge is -2.57. The molecule has 4 atom stereocenters. The molecule has 4 fully saturated rings. The zero-order valence-corrected chi connectivity index (χ0v) is 24.4.